The number of aromatic nitrogens is 2. The molecule has 442 valence electrons. The minimum Gasteiger partial charge on any atom is -0.442 e. The standard InChI is InChI=1S/C52H65FN6O9.C10H21NO2/c1-6-33(29-60)37-26-43-49-38(28-59(43)51(65)39(37)30-67-5)48-42(21-20-36-32(3)40(53)27-41(56-49)47(36)48)57(4)52(66)68-35-16-10-9-15-34(18-19-35)50(64)54-24-12-11-14-31(2)55-44(61)17-8-7-13-25-58-45(62)22-23-46(58)63;1-9(2,3)13-7-6-10(4,5)11-8-12/h10,16,22-23,26-27,29,31,33-35,42H,6-9,11-15,17-21,24-25,28,30H2,1-5H3,(H,54,64)(H,55,61);8H,6-7H2,1-5H3,(H,11,12)/b16-10+;. The lowest BCUT2D eigenvalue weighted by Gasteiger charge is -2.35. The second kappa shape index (κ2) is 28.9. The van der Waals surface area contributed by atoms with Crippen molar-refractivity contribution in [2.24, 2.45) is 5.92 Å². The zero-order chi connectivity index (χ0) is 59.2. The summed E-state index contributed by atoms with van der Waals surface area (Å²) in [6.07, 6.45) is 16.4. The number of methoxy groups -OCH3 is 1. The van der Waals surface area contributed by atoms with Gasteiger partial charge in [-0.15, -0.1) is 0 Å². The van der Waals surface area contributed by atoms with E-state index < -0.39 is 24.2 Å². The number of carbonyl (C=O) groups is 7. The fraction of sp³-hybridized carbons (Fsp3) is 0.597. The summed E-state index contributed by atoms with van der Waals surface area (Å²) in [5, 5.41) is 9.65. The van der Waals surface area contributed by atoms with Gasteiger partial charge in [-0.3, -0.25) is 33.7 Å². The molecule has 0 saturated heterocycles. The Morgan fingerprint density at radius 2 is 1.70 bits per heavy atom. The van der Waals surface area contributed by atoms with Gasteiger partial charge in [0.25, 0.3) is 17.4 Å². The quantitative estimate of drug-likeness (QED) is 0.0245. The third kappa shape index (κ3) is 16.5. The number of imide groups is 1. The number of nitrogens with zero attached hydrogens (tertiary/aromatic N) is 4. The van der Waals surface area contributed by atoms with Crippen LogP contribution in [-0.4, -0.2) is 119 Å². The van der Waals surface area contributed by atoms with E-state index in [2.05, 4.69) is 16.0 Å². The number of pyridine rings is 2. The highest BCUT2D eigenvalue weighted by molar-refractivity contribution is 6.12. The van der Waals surface area contributed by atoms with Crippen molar-refractivity contribution >= 4 is 53.3 Å². The molecule has 5 unspecified atom stereocenters. The Morgan fingerprint density at radius 3 is 2.38 bits per heavy atom. The van der Waals surface area contributed by atoms with Crippen molar-refractivity contribution < 1.29 is 52.2 Å². The van der Waals surface area contributed by atoms with Crippen molar-refractivity contribution in [3.8, 4) is 11.4 Å². The Hall–Kier alpha value is -6.60. The number of hydrogen-bond donors (Lipinski definition) is 3. The van der Waals surface area contributed by atoms with E-state index in [4.69, 9.17) is 19.2 Å². The van der Waals surface area contributed by atoms with Crippen LogP contribution in [0.2, 0.25) is 0 Å². The molecule has 1 aromatic carbocycles. The van der Waals surface area contributed by atoms with E-state index in [-0.39, 0.29) is 71.3 Å². The third-order valence-corrected chi connectivity index (χ3v) is 15.9. The SMILES string of the molecule is CC(C)(CCOC(C)(C)C)NC=O.CCC(C=O)c1cc2n(c(=O)c1COC)Cc1c-2nc2cc(F)c(C)c3c2c1C(N(C)C(=O)OC1/C=C/CCC(C(=O)NCCCCC(C)NC(=O)CCCCCN2C(=O)C=CC2=O)CC1)CC3. The average molecular weight is 1120 g/mol. The number of amides is 6. The number of halogens is 1. The fourth-order valence-electron chi connectivity index (χ4n) is 11.2. The Morgan fingerprint density at radius 1 is 0.963 bits per heavy atom. The highest BCUT2D eigenvalue weighted by Gasteiger charge is 2.38. The van der Waals surface area contributed by atoms with Crippen molar-refractivity contribution in [3.63, 3.8) is 0 Å². The lowest BCUT2D eigenvalue weighted by Crippen LogP contribution is -2.39. The molecule has 0 spiro atoms. The second-order valence-electron chi connectivity index (χ2n) is 23.6. The number of unbranched alkanes of at least 4 members (excludes halogenated alkanes) is 3. The summed E-state index contributed by atoms with van der Waals surface area (Å²) in [6.45, 7) is 17.4. The van der Waals surface area contributed by atoms with Crippen molar-refractivity contribution in [1.82, 2.24) is 35.3 Å². The number of nitrogens with one attached hydrogen (secondary N) is 3. The molecule has 2 aliphatic heterocycles. The summed E-state index contributed by atoms with van der Waals surface area (Å²) < 4.78 is 34.3. The number of carbonyl (C=O) groups excluding carboxylic acids is 7. The second-order valence-corrected chi connectivity index (χ2v) is 23.6. The number of benzene rings is 1. The Balaban J connectivity index is 0.000000721. The largest absolute Gasteiger partial charge is 0.442 e. The molecule has 18 nitrogen and oxygen atoms in total. The van der Waals surface area contributed by atoms with Crippen LogP contribution in [0.4, 0.5) is 9.18 Å². The average Bonchev–Trinajstić information content (AvgIpc) is 3.76. The van der Waals surface area contributed by atoms with Crippen LogP contribution in [0.15, 0.2) is 41.2 Å². The summed E-state index contributed by atoms with van der Waals surface area (Å²) in [6, 6.07) is 2.78. The van der Waals surface area contributed by atoms with Crippen LogP contribution in [0, 0.1) is 18.7 Å². The smallest absolute Gasteiger partial charge is 0.410 e. The third-order valence-electron chi connectivity index (χ3n) is 15.9. The molecule has 4 heterocycles. The monoisotopic (exact) mass is 1120 g/mol. The van der Waals surface area contributed by atoms with Gasteiger partial charge < -0.3 is 44.4 Å². The van der Waals surface area contributed by atoms with E-state index in [9.17, 15) is 38.4 Å². The van der Waals surface area contributed by atoms with E-state index in [1.54, 1.807) is 23.4 Å². The van der Waals surface area contributed by atoms with Gasteiger partial charge in [0.1, 0.15) is 18.2 Å². The lowest BCUT2D eigenvalue weighted by atomic mass is 9.81. The van der Waals surface area contributed by atoms with Gasteiger partial charge in [0.05, 0.1) is 41.7 Å². The molecule has 4 aliphatic rings. The molecule has 7 rings (SSSR count). The molecule has 6 amide bonds. The first kappa shape index (κ1) is 63.6. The van der Waals surface area contributed by atoms with Crippen LogP contribution in [0.25, 0.3) is 22.3 Å². The first-order valence-corrected chi connectivity index (χ1v) is 28.9. The van der Waals surface area contributed by atoms with E-state index in [0.29, 0.717) is 117 Å². The summed E-state index contributed by atoms with van der Waals surface area (Å²) >= 11 is 0. The van der Waals surface area contributed by atoms with Crippen LogP contribution >= 0.6 is 0 Å². The van der Waals surface area contributed by atoms with Crippen molar-refractivity contribution in [2.45, 2.75) is 200 Å². The van der Waals surface area contributed by atoms with E-state index in [0.717, 1.165) is 66.9 Å². The molecule has 0 fully saturated rings. The first-order valence-electron chi connectivity index (χ1n) is 28.9. The van der Waals surface area contributed by atoms with Crippen LogP contribution in [-0.2, 0) is 62.6 Å². The molecule has 0 saturated carbocycles. The molecule has 2 aromatic heterocycles. The van der Waals surface area contributed by atoms with Gasteiger partial charge in [-0.05, 0) is 166 Å². The summed E-state index contributed by atoms with van der Waals surface area (Å²) in [5.41, 5.74) is 4.89. The van der Waals surface area contributed by atoms with Gasteiger partial charge >= 0.3 is 6.09 Å². The Labute approximate surface area is 476 Å². The van der Waals surface area contributed by atoms with Crippen molar-refractivity contribution in [3.05, 3.63) is 86.0 Å². The highest BCUT2D eigenvalue weighted by Crippen LogP contribution is 2.47. The molecule has 3 N–H and O–H groups in total. The maximum absolute atomic E-state index is 15.5. The van der Waals surface area contributed by atoms with Gasteiger partial charge in [0.2, 0.25) is 18.2 Å². The number of aryl methyl sites for hydroxylation is 1. The zero-order valence-electron chi connectivity index (χ0n) is 49.3. The lowest BCUT2D eigenvalue weighted by molar-refractivity contribution is -0.137. The number of fused-ring (bicyclic) bond motifs is 4. The fourth-order valence-corrected chi connectivity index (χ4v) is 11.2. The predicted octanol–water partition coefficient (Wildman–Crippen LogP) is 8.88. The van der Waals surface area contributed by atoms with Gasteiger partial charge in [-0.25, -0.2) is 14.2 Å². The van der Waals surface area contributed by atoms with Crippen LogP contribution in [0.5, 0.6) is 0 Å². The highest BCUT2D eigenvalue weighted by atomic mass is 19.1. The van der Waals surface area contributed by atoms with E-state index in [1.165, 1.54) is 30.2 Å². The molecule has 0 bridgehead atoms. The van der Waals surface area contributed by atoms with Gasteiger partial charge in [0, 0.05) is 98.4 Å². The normalized spacial score (nSPS) is 18.6. The zero-order valence-corrected chi connectivity index (χ0v) is 49.3. The molecular weight excluding hydrogens is 1040 g/mol. The minimum atomic E-state index is -0.554. The molecule has 3 aromatic rings. The number of allylic oxidation sites excluding steroid dienone is 1. The van der Waals surface area contributed by atoms with Crippen LogP contribution in [0.3, 0.4) is 0 Å². The molecule has 2 aliphatic carbocycles. The molecule has 19 heteroatoms. The molecule has 81 heavy (non-hydrogen) atoms. The summed E-state index contributed by atoms with van der Waals surface area (Å²) in [5.74, 6) is -1.77. The van der Waals surface area contributed by atoms with Crippen LogP contribution < -0.4 is 21.5 Å². The Kier molecular flexibility index (Phi) is 22.7. The number of ether oxygens (including phenoxy) is 3. The summed E-state index contributed by atoms with van der Waals surface area (Å²) in [7, 11) is 3.21. The Bertz CT molecular complexity index is 2890. The minimum absolute atomic E-state index is 0.00965. The summed E-state index contributed by atoms with van der Waals surface area (Å²) in [4.78, 5) is 108. The number of aldehydes is 1. The van der Waals surface area contributed by atoms with E-state index in [1.807, 2.05) is 66.7 Å². The van der Waals surface area contributed by atoms with Gasteiger partial charge in [0.15, 0.2) is 0 Å². The molecule has 0 radical (unpaired) electrons. The number of rotatable bonds is 25. The van der Waals surface area contributed by atoms with Crippen LogP contribution in [0.1, 0.15) is 184 Å². The van der Waals surface area contributed by atoms with Gasteiger partial charge in [-0.2, -0.15) is 0 Å². The predicted molar refractivity (Wildman–Crippen MR) is 308 cm³/mol. The topological polar surface area (TPSA) is 225 Å². The van der Waals surface area contributed by atoms with Crippen molar-refractivity contribution in [1.29, 1.82) is 0 Å². The maximum Gasteiger partial charge on any atom is 0.410 e. The maximum atomic E-state index is 15.5. The molecular formula is C62H86FN7O11. The van der Waals surface area contributed by atoms with Crippen molar-refractivity contribution in [2.75, 3.05) is 33.9 Å². The number of hydrogen-bond acceptors (Lipinski definition) is 12. The van der Waals surface area contributed by atoms with E-state index >= 15 is 4.39 Å². The van der Waals surface area contributed by atoms with Gasteiger partial charge in [-0.1, -0.05) is 19.4 Å². The first-order chi connectivity index (χ1) is 38.5. The molecule has 5 atom stereocenters.